The van der Waals surface area contributed by atoms with Gasteiger partial charge in [0.05, 0.1) is 12.4 Å². The van der Waals surface area contributed by atoms with Crippen LogP contribution in [-0.2, 0) is 17.9 Å². The quantitative estimate of drug-likeness (QED) is 0.685. The minimum absolute atomic E-state index is 0.0316. The summed E-state index contributed by atoms with van der Waals surface area (Å²) >= 11 is 0. The molecule has 2 aromatic heterocycles. The van der Waals surface area contributed by atoms with Crippen molar-refractivity contribution in [3.63, 3.8) is 0 Å². The zero-order chi connectivity index (χ0) is 16.6. The number of nitrogens with one attached hydrogen (secondary N) is 1. The lowest BCUT2D eigenvalue weighted by atomic mass is 10.1. The number of amides is 1. The maximum Gasteiger partial charge on any atom is 0.220 e. The molecule has 0 spiro atoms. The number of benzene rings is 1. The zero-order valence-electron chi connectivity index (χ0n) is 13.3. The first-order valence-corrected chi connectivity index (χ1v) is 7.94. The highest BCUT2D eigenvalue weighted by Crippen LogP contribution is 2.15. The van der Waals surface area contributed by atoms with E-state index in [1.54, 1.807) is 23.5 Å². The summed E-state index contributed by atoms with van der Waals surface area (Å²) in [6, 6.07) is 9.89. The van der Waals surface area contributed by atoms with Gasteiger partial charge in [0.15, 0.2) is 0 Å². The lowest BCUT2D eigenvalue weighted by molar-refractivity contribution is -0.122. The van der Waals surface area contributed by atoms with Crippen molar-refractivity contribution in [2.24, 2.45) is 0 Å². The molecule has 24 heavy (non-hydrogen) atoms. The van der Waals surface area contributed by atoms with Gasteiger partial charge in [0.1, 0.15) is 12.7 Å². The summed E-state index contributed by atoms with van der Waals surface area (Å²) in [5.74, 6) is 0.0316. The van der Waals surface area contributed by atoms with Crippen molar-refractivity contribution in [2.75, 3.05) is 0 Å². The molecular formula is C17H20N6O. The van der Waals surface area contributed by atoms with Gasteiger partial charge in [-0.2, -0.15) is 5.10 Å². The molecule has 0 saturated heterocycles. The van der Waals surface area contributed by atoms with Crippen LogP contribution in [0, 0.1) is 0 Å². The van der Waals surface area contributed by atoms with Crippen LogP contribution in [0.5, 0.6) is 0 Å². The van der Waals surface area contributed by atoms with Gasteiger partial charge in [-0.05, 0) is 12.0 Å². The Hall–Kier alpha value is -2.96. The van der Waals surface area contributed by atoms with Gasteiger partial charge in [-0.25, -0.2) is 9.97 Å². The van der Waals surface area contributed by atoms with E-state index in [1.807, 2.05) is 41.1 Å². The summed E-state index contributed by atoms with van der Waals surface area (Å²) in [4.78, 5) is 20.3. The van der Waals surface area contributed by atoms with Gasteiger partial charge in [0.2, 0.25) is 5.91 Å². The van der Waals surface area contributed by atoms with E-state index in [1.165, 1.54) is 6.33 Å². The number of hydrogen-bond acceptors (Lipinski definition) is 4. The Balaban J connectivity index is 1.57. The predicted molar refractivity (Wildman–Crippen MR) is 88.8 cm³/mol. The molecule has 0 unspecified atom stereocenters. The van der Waals surface area contributed by atoms with Gasteiger partial charge in [-0.3, -0.25) is 9.48 Å². The number of rotatable bonds is 8. The Bertz CT molecular complexity index is 724. The standard InChI is InChI=1S/C17H20N6O/c24-17(7-4-9-23-14-19-12-20-23)21-16(11-22-10-8-18-13-22)15-5-2-1-3-6-15/h1-3,5-6,8,10,12-14,16H,4,7,9,11H2,(H,21,24)/t16-/m1/s1. The minimum Gasteiger partial charge on any atom is -0.347 e. The summed E-state index contributed by atoms with van der Waals surface area (Å²) in [7, 11) is 0. The fourth-order valence-corrected chi connectivity index (χ4v) is 2.54. The molecule has 0 saturated carbocycles. The van der Waals surface area contributed by atoms with Crippen molar-refractivity contribution < 1.29 is 4.79 Å². The third-order valence-corrected chi connectivity index (χ3v) is 3.75. The Labute approximate surface area is 140 Å². The summed E-state index contributed by atoms with van der Waals surface area (Å²) < 4.78 is 3.70. The summed E-state index contributed by atoms with van der Waals surface area (Å²) in [5.41, 5.74) is 1.08. The van der Waals surface area contributed by atoms with E-state index in [0.717, 1.165) is 12.0 Å². The van der Waals surface area contributed by atoms with E-state index in [9.17, 15) is 4.79 Å². The highest BCUT2D eigenvalue weighted by molar-refractivity contribution is 5.76. The number of carbonyl (C=O) groups is 1. The number of aromatic nitrogens is 5. The molecule has 1 amide bonds. The maximum absolute atomic E-state index is 12.3. The van der Waals surface area contributed by atoms with Crippen LogP contribution in [0.2, 0.25) is 0 Å². The summed E-state index contributed by atoms with van der Waals surface area (Å²) in [6.07, 6.45) is 9.72. The van der Waals surface area contributed by atoms with Gasteiger partial charge in [-0.15, -0.1) is 0 Å². The molecule has 0 radical (unpaired) electrons. The molecule has 7 nitrogen and oxygen atoms in total. The highest BCUT2D eigenvalue weighted by Gasteiger charge is 2.15. The number of imidazole rings is 1. The molecule has 0 aliphatic rings. The zero-order valence-corrected chi connectivity index (χ0v) is 13.3. The first kappa shape index (κ1) is 15.9. The van der Waals surface area contributed by atoms with E-state index >= 15 is 0 Å². The van der Waals surface area contributed by atoms with E-state index in [-0.39, 0.29) is 11.9 Å². The molecule has 1 atom stereocenters. The van der Waals surface area contributed by atoms with Crippen LogP contribution < -0.4 is 5.32 Å². The lowest BCUT2D eigenvalue weighted by Gasteiger charge is -2.20. The minimum atomic E-state index is -0.0840. The molecule has 3 rings (SSSR count). The van der Waals surface area contributed by atoms with Crippen molar-refractivity contribution >= 4 is 5.91 Å². The largest absolute Gasteiger partial charge is 0.347 e. The second kappa shape index (κ2) is 8.05. The van der Waals surface area contributed by atoms with Gasteiger partial charge >= 0.3 is 0 Å². The van der Waals surface area contributed by atoms with E-state index < -0.39 is 0 Å². The molecule has 1 N–H and O–H groups in total. The van der Waals surface area contributed by atoms with Crippen molar-refractivity contribution in [3.05, 3.63) is 67.3 Å². The third kappa shape index (κ3) is 4.52. The van der Waals surface area contributed by atoms with Gasteiger partial charge in [0.25, 0.3) is 0 Å². The molecule has 7 heteroatoms. The van der Waals surface area contributed by atoms with Crippen molar-refractivity contribution in [1.29, 1.82) is 0 Å². The fraction of sp³-hybridized carbons (Fsp3) is 0.294. The number of carbonyl (C=O) groups excluding carboxylic acids is 1. The second-order valence-corrected chi connectivity index (χ2v) is 5.55. The van der Waals surface area contributed by atoms with E-state index in [2.05, 4.69) is 20.4 Å². The van der Waals surface area contributed by atoms with Gasteiger partial charge in [0, 0.05) is 31.9 Å². The SMILES string of the molecule is O=C(CCCn1cncn1)N[C@H](Cn1ccnc1)c1ccccc1. The summed E-state index contributed by atoms with van der Waals surface area (Å²) in [5, 5.41) is 7.15. The van der Waals surface area contributed by atoms with Crippen LogP contribution in [-0.4, -0.2) is 30.2 Å². The molecular weight excluding hydrogens is 304 g/mol. The van der Waals surface area contributed by atoms with Crippen LogP contribution >= 0.6 is 0 Å². The van der Waals surface area contributed by atoms with Crippen molar-refractivity contribution in [2.45, 2.75) is 32.0 Å². The molecule has 0 fully saturated rings. The van der Waals surface area contributed by atoms with Crippen molar-refractivity contribution in [1.82, 2.24) is 29.6 Å². The third-order valence-electron chi connectivity index (χ3n) is 3.75. The molecule has 0 aliphatic carbocycles. The van der Waals surface area contributed by atoms with Crippen LogP contribution in [0.1, 0.15) is 24.4 Å². The molecule has 124 valence electrons. The van der Waals surface area contributed by atoms with Crippen LogP contribution in [0.4, 0.5) is 0 Å². The summed E-state index contributed by atoms with van der Waals surface area (Å²) in [6.45, 7) is 1.34. The number of hydrogen-bond donors (Lipinski definition) is 1. The highest BCUT2D eigenvalue weighted by atomic mass is 16.1. The molecule has 0 bridgehead atoms. The van der Waals surface area contributed by atoms with Crippen LogP contribution in [0.15, 0.2) is 61.7 Å². The molecule has 3 aromatic rings. The Kier molecular flexibility index (Phi) is 5.34. The van der Waals surface area contributed by atoms with Gasteiger partial charge < -0.3 is 9.88 Å². The Morgan fingerprint density at radius 3 is 2.75 bits per heavy atom. The molecule has 2 heterocycles. The predicted octanol–water partition coefficient (Wildman–Crippen LogP) is 1.81. The van der Waals surface area contributed by atoms with Crippen molar-refractivity contribution in [3.8, 4) is 0 Å². The van der Waals surface area contributed by atoms with Crippen LogP contribution in [0.25, 0.3) is 0 Å². The van der Waals surface area contributed by atoms with E-state index in [4.69, 9.17) is 0 Å². The van der Waals surface area contributed by atoms with Gasteiger partial charge in [-0.1, -0.05) is 30.3 Å². The number of nitrogens with zero attached hydrogens (tertiary/aromatic N) is 5. The topological polar surface area (TPSA) is 77.6 Å². The lowest BCUT2D eigenvalue weighted by Crippen LogP contribution is -2.31. The number of aryl methyl sites for hydroxylation is 1. The normalized spacial score (nSPS) is 12.0. The Morgan fingerprint density at radius 2 is 2.04 bits per heavy atom. The first-order valence-electron chi connectivity index (χ1n) is 7.94. The monoisotopic (exact) mass is 324 g/mol. The maximum atomic E-state index is 12.3. The molecule has 1 aromatic carbocycles. The first-order chi connectivity index (χ1) is 11.8. The average Bonchev–Trinajstić information content (AvgIpc) is 3.29. The molecule has 0 aliphatic heterocycles. The van der Waals surface area contributed by atoms with Crippen LogP contribution in [0.3, 0.4) is 0 Å². The smallest absolute Gasteiger partial charge is 0.220 e. The second-order valence-electron chi connectivity index (χ2n) is 5.55. The van der Waals surface area contributed by atoms with E-state index in [0.29, 0.717) is 19.5 Å². The average molecular weight is 324 g/mol. The Morgan fingerprint density at radius 1 is 1.17 bits per heavy atom. The fourth-order valence-electron chi connectivity index (χ4n) is 2.54.